The number of thiocarbonyl (C=S) groups is 1. The third kappa shape index (κ3) is 5.26. The van der Waals surface area contributed by atoms with E-state index in [-0.39, 0.29) is 16.1 Å². The number of amides is 1. The van der Waals surface area contributed by atoms with Crippen LogP contribution in [0.1, 0.15) is 5.56 Å². The van der Waals surface area contributed by atoms with Gasteiger partial charge in [0, 0.05) is 29.2 Å². The lowest BCUT2D eigenvalue weighted by atomic mass is 10.1. The fourth-order valence-electron chi connectivity index (χ4n) is 2.87. The molecule has 2 aliphatic rings. The van der Waals surface area contributed by atoms with Crippen LogP contribution in [0, 0.1) is 0 Å². The zero-order valence-electron chi connectivity index (χ0n) is 16.6. The third-order valence-electron chi connectivity index (χ3n) is 4.36. The maximum Gasteiger partial charge on any atom is 0.311 e. The summed E-state index contributed by atoms with van der Waals surface area (Å²) in [5.41, 5.74) is 2.17. The first-order chi connectivity index (χ1) is 15.6. The number of thioether (sulfide) groups is 1. The van der Waals surface area contributed by atoms with Crippen molar-refractivity contribution in [1.82, 2.24) is 4.90 Å². The van der Waals surface area contributed by atoms with Crippen LogP contribution in [0.5, 0.6) is 0 Å². The summed E-state index contributed by atoms with van der Waals surface area (Å²) in [5.74, 6) is 0.590. The van der Waals surface area contributed by atoms with Gasteiger partial charge in [-0.2, -0.15) is 10.1 Å². The molecule has 0 unspecified atom stereocenters. The molecular weight excluding hydrogens is 442 g/mol. The standard InChI is InChI=1S/C23H17N5O2S2/c29-20(16-7-3-1-4-8-16)17-11-13-28(14-12-17)21-19(32-23(30)26-21)15-24-27-22(31)25-18-9-5-2-6-10-18/h1-15,29H,(H,25,31)/b19-15+,27-24?. The van der Waals surface area contributed by atoms with Crippen molar-refractivity contribution >= 4 is 51.6 Å². The van der Waals surface area contributed by atoms with E-state index in [2.05, 4.69) is 20.5 Å². The number of carbonyl (C=O) groups excluding carboxylic acids is 1. The van der Waals surface area contributed by atoms with E-state index in [1.165, 1.54) is 6.20 Å². The minimum absolute atomic E-state index is 0.167. The number of allylic oxidation sites excluding steroid dienone is 3. The molecule has 0 aromatic heterocycles. The van der Waals surface area contributed by atoms with E-state index in [1.807, 2.05) is 60.7 Å². The molecule has 32 heavy (non-hydrogen) atoms. The summed E-state index contributed by atoms with van der Waals surface area (Å²) < 4.78 is 0. The molecule has 0 saturated heterocycles. The summed E-state index contributed by atoms with van der Waals surface area (Å²) in [7, 11) is 0. The van der Waals surface area contributed by atoms with E-state index >= 15 is 0 Å². The Morgan fingerprint density at radius 3 is 2.41 bits per heavy atom. The number of benzene rings is 2. The zero-order chi connectivity index (χ0) is 22.3. The van der Waals surface area contributed by atoms with Crippen molar-refractivity contribution in [3.05, 3.63) is 107 Å². The highest BCUT2D eigenvalue weighted by molar-refractivity contribution is 8.18. The lowest BCUT2D eigenvalue weighted by molar-refractivity contribution is 0.267. The molecule has 0 spiro atoms. The highest BCUT2D eigenvalue weighted by Gasteiger charge is 2.25. The van der Waals surface area contributed by atoms with Crippen molar-refractivity contribution in [3.8, 4) is 0 Å². The molecule has 0 saturated carbocycles. The molecule has 1 amide bonds. The van der Waals surface area contributed by atoms with Gasteiger partial charge in [0.25, 0.3) is 0 Å². The Morgan fingerprint density at radius 2 is 1.72 bits per heavy atom. The summed E-state index contributed by atoms with van der Waals surface area (Å²) in [6, 6.07) is 18.7. The molecule has 9 heteroatoms. The van der Waals surface area contributed by atoms with Gasteiger partial charge in [-0.3, -0.25) is 4.79 Å². The first-order valence-corrected chi connectivity index (χ1v) is 10.7. The van der Waals surface area contributed by atoms with Gasteiger partial charge in [-0.25, -0.2) is 0 Å². The van der Waals surface area contributed by atoms with Crippen molar-refractivity contribution < 1.29 is 9.90 Å². The molecule has 0 atom stereocenters. The summed E-state index contributed by atoms with van der Waals surface area (Å²) in [6.07, 6.45) is 8.38. The van der Waals surface area contributed by atoms with Crippen molar-refractivity contribution in [3.63, 3.8) is 0 Å². The number of amidine groups is 1. The minimum atomic E-state index is -0.346. The van der Waals surface area contributed by atoms with E-state index in [9.17, 15) is 9.90 Å². The van der Waals surface area contributed by atoms with Gasteiger partial charge < -0.3 is 15.3 Å². The van der Waals surface area contributed by atoms with Crippen molar-refractivity contribution in [2.45, 2.75) is 0 Å². The molecule has 2 aromatic rings. The van der Waals surface area contributed by atoms with E-state index in [0.29, 0.717) is 16.3 Å². The predicted octanol–water partition coefficient (Wildman–Crippen LogP) is 6.25. The van der Waals surface area contributed by atoms with E-state index in [0.717, 1.165) is 23.0 Å². The van der Waals surface area contributed by atoms with Gasteiger partial charge in [0.05, 0.1) is 11.1 Å². The zero-order valence-corrected chi connectivity index (χ0v) is 18.3. The third-order valence-corrected chi connectivity index (χ3v) is 5.32. The van der Waals surface area contributed by atoms with Crippen LogP contribution in [0.15, 0.2) is 117 Å². The Hall–Kier alpha value is -3.82. The number of aliphatic hydroxyl groups is 1. The molecule has 2 aliphatic heterocycles. The van der Waals surface area contributed by atoms with Crippen LogP contribution in [-0.2, 0) is 0 Å². The number of carbonyl (C=O) groups is 1. The normalized spacial score (nSPS) is 16.7. The summed E-state index contributed by atoms with van der Waals surface area (Å²) >= 11 is 6.12. The van der Waals surface area contributed by atoms with Crippen LogP contribution in [0.25, 0.3) is 5.76 Å². The van der Waals surface area contributed by atoms with Crippen LogP contribution in [0.3, 0.4) is 0 Å². The van der Waals surface area contributed by atoms with Crippen LogP contribution in [0.4, 0.5) is 10.5 Å². The number of anilines is 1. The molecule has 4 rings (SSSR count). The molecule has 0 radical (unpaired) electrons. The quantitative estimate of drug-likeness (QED) is 0.320. The number of rotatable bonds is 3. The lowest BCUT2D eigenvalue weighted by Gasteiger charge is -2.19. The Kier molecular flexibility index (Phi) is 6.69. The molecule has 0 fully saturated rings. The topological polar surface area (TPSA) is 89.7 Å². The van der Waals surface area contributed by atoms with Crippen LogP contribution < -0.4 is 5.32 Å². The Balaban J connectivity index is 1.45. The fraction of sp³-hybridized carbons (Fsp3) is 0. The second-order valence-electron chi connectivity index (χ2n) is 6.52. The summed E-state index contributed by atoms with van der Waals surface area (Å²) in [6.45, 7) is 0. The van der Waals surface area contributed by atoms with Gasteiger partial charge in [0.15, 0.2) is 5.84 Å². The molecule has 0 aliphatic carbocycles. The summed E-state index contributed by atoms with van der Waals surface area (Å²) in [5, 5.41) is 21.2. The Bertz CT molecular complexity index is 1200. The molecule has 0 bridgehead atoms. The molecule has 158 valence electrons. The molecule has 7 nitrogen and oxygen atoms in total. The van der Waals surface area contributed by atoms with E-state index < -0.39 is 0 Å². The van der Waals surface area contributed by atoms with Crippen molar-refractivity contribution in [1.29, 1.82) is 0 Å². The predicted molar refractivity (Wildman–Crippen MR) is 132 cm³/mol. The van der Waals surface area contributed by atoms with Crippen molar-refractivity contribution in [2.75, 3.05) is 5.32 Å². The largest absolute Gasteiger partial charge is 0.507 e. The molecule has 2 heterocycles. The second-order valence-corrected chi connectivity index (χ2v) is 7.90. The molecule has 2 N–H and O–H groups in total. The SMILES string of the molecule is O=C1N=C(N2C=CC(=C(O)c3ccccc3)C=C2)/C(=C\N=NC(=S)Nc2ccccc2)S1. The minimum Gasteiger partial charge on any atom is -0.507 e. The Labute approximate surface area is 194 Å². The van der Waals surface area contributed by atoms with Gasteiger partial charge in [0.1, 0.15) is 5.76 Å². The molecular formula is C23H17N5O2S2. The number of nitrogens with one attached hydrogen (secondary N) is 1. The van der Waals surface area contributed by atoms with Crippen LogP contribution in [-0.4, -0.2) is 26.2 Å². The van der Waals surface area contributed by atoms with E-state index in [1.54, 1.807) is 29.5 Å². The van der Waals surface area contributed by atoms with Crippen LogP contribution >= 0.6 is 24.0 Å². The van der Waals surface area contributed by atoms with Gasteiger partial charge in [-0.15, -0.1) is 5.11 Å². The van der Waals surface area contributed by atoms with Gasteiger partial charge >= 0.3 is 5.24 Å². The number of nitrogens with zero attached hydrogens (tertiary/aromatic N) is 4. The number of aliphatic hydroxyl groups excluding tert-OH is 1. The summed E-state index contributed by atoms with van der Waals surface area (Å²) in [4.78, 5) is 18.2. The van der Waals surface area contributed by atoms with Crippen LogP contribution in [0.2, 0.25) is 0 Å². The average molecular weight is 460 g/mol. The first kappa shape index (κ1) is 21.4. The number of aliphatic imine (C=N–C) groups is 1. The average Bonchev–Trinajstić information content (AvgIpc) is 3.20. The maximum absolute atomic E-state index is 11.9. The van der Waals surface area contributed by atoms with Gasteiger partial charge in [-0.05, 0) is 48.3 Å². The number of hydrogen-bond acceptors (Lipinski definition) is 6. The number of hydrogen-bond donors (Lipinski definition) is 2. The highest BCUT2D eigenvalue weighted by atomic mass is 32.2. The maximum atomic E-state index is 11.9. The lowest BCUT2D eigenvalue weighted by Crippen LogP contribution is -2.20. The fourth-order valence-corrected chi connectivity index (χ4v) is 3.69. The highest BCUT2D eigenvalue weighted by Crippen LogP contribution is 2.31. The smallest absolute Gasteiger partial charge is 0.311 e. The van der Waals surface area contributed by atoms with Gasteiger partial charge in [0.2, 0.25) is 5.11 Å². The van der Waals surface area contributed by atoms with E-state index in [4.69, 9.17) is 12.2 Å². The van der Waals surface area contributed by atoms with Gasteiger partial charge in [-0.1, -0.05) is 48.5 Å². The second kappa shape index (κ2) is 9.99. The monoisotopic (exact) mass is 459 g/mol. The van der Waals surface area contributed by atoms with Crippen molar-refractivity contribution in [2.24, 2.45) is 15.2 Å². The Morgan fingerprint density at radius 1 is 1.06 bits per heavy atom. The molecule has 2 aromatic carbocycles. The number of para-hydroxylation sites is 1. The number of azo groups is 1. The first-order valence-electron chi connectivity index (χ1n) is 9.51.